The predicted octanol–water partition coefficient (Wildman–Crippen LogP) is 8.05. The Balaban J connectivity index is 1.50. The number of hydrogen-bond donors (Lipinski definition) is 1. The van der Waals surface area contributed by atoms with E-state index in [-0.39, 0.29) is 5.91 Å². The number of methoxy groups -OCH3 is 1. The van der Waals surface area contributed by atoms with Gasteiger partial charge in [0.1, 0.15) is 6.04 Å². The minimum absolute atomic E-state index is 0.289. The van der Waals surface area contributed by atoms with Crippen molar-refractivity contribution in [2.45, 2.75) is 32.5 Å². The number of fused-ring (bicyclic) bond motifs is 1. The summed E-state index contributed by atoms with van der Waals surface area (Å²) in [5.74, 6) is 0.00642. The number of esters is 1. The summed E-state index contributed by atoms with van der Waals surface area (Å²) in [4.78, 5) is 28.5. The van der Waals surface area contributed by atoms with Crippen molar-refractivity contribution in [3.8, 4) is 11.1 Å². The van der Waals surface area contributed by atoms with Crippen molar-refractivity contribution in [1.29, 1.82) is 0 Å². The highest BCUT2D eigenvalue weighted by Crippen LogP contribution is 2.30. The van der Waals surface area contributed by atoms with Gasteiger partial charge in [-0.1, -0.05) is 84.9 Å². The summed E-state index contributed by atoms with van der Waals surface area (Å²) in [7, 11) is 1.35. The fourth-order valence-electron chi connectivity index (χ4n) is 5.50. The van der Waals surface area contributed by atoms with Gasteiger partial charge in [0.05, 0.1) is 7.11 Å². The number of anilines is 1. The first-order chi connectivity index (χ1) is 21.5. The molecule has 0 saturated carbocycles. The first-order valence-electron chi connectivity index (χ1n) is 14.8. The first-order valence-corrected chi connectivity index (χ1v) is 16.2. The molecule has 0 aliphatic rings. The molecular formula is C38H38N2O3S. The maximum atomic E-state index is 13.7. The summed E-state index contributed by atoms with van der Waals surface area (Å²) in [5.41, 5.74) is 6.85. The number of nitrogens with one attached hydrogen (secondary N) is 1. The van der Waals surface area contributed by atoms with Crippen LogP contribution in [0.5, 0.6) is 0 Å². The van der Waals surface area contributed by atoms with Crippen LogP contribution in [-0.4, -0.2) is 37.0 Å². The van der Waals surface area contributed by atoms with Crippen LogP contribution in [-0.2, 0) is 22.6 Å². The molecule has 0 aliphatic carbocycles. The molecule has 1 atom stereocenters. The van der Waals surface area contributed by atoms with Gasteiger partial charge in [-0.05, 0) is 94.3 Å². The first kappa shape index (κ1) is 30.9. The third kappa shape index (κ3) is 7.50. The van der Waals surface area contributed by atoms with Crippen LogP contribution >= 0.6 is 11.8 Å². The van der Waals surface area contributed by atoms with Crippen molar-refractivity contribution in [2.75, 3.05) is 24.0 Å². The molecule has 0 heterocycles. The van der Waals surface area contributed by atoms with E-state index in [4.69, 9.17) is 4.74 Å². The van der Waals surface area contributed by atoms with E-state index in [0.717, 1.165) is 40.2 Å². The third-order valence-electron chi connectivity index (χ3n) is 7.85. The van der Waals surface area contributed by atoms with Crippen molar-refractivity contribution in [3.63, 3.8) is 0 Å². The molecule has 5 rings (SSSR count). The van der Waals surface area contributed by atoms with Crippen molar-refractivity contribution in [2.24, 2.45) is 0 Å². The largest absolute Gasteiger partial charge is 0.467 e. The van der Waals surface area contributed by atoms with Gasteiger partial charge in [-0.25, -0.2) is 4.79 Å². The maximum absolute atomic E-state index is 13.7. The number of hydrogen-bond acceptors (Lipinski definition) is 5. The Labute approximate surface area is 264 Å². The number of carbonyl (C=O) groups is 2. The summed E-state index contributed by atoms with van der Waals surface area (Å²) in [5, 5.41) is 5.39. The van der Waals surface area contributed by atoms with Crippen molar-refractivity contribution < 1.29 is 14.3 Å². The van der Waals surface area contributed by atoms with Crippen LogP contribution in [0.25, 0.3) is 21.9 Å². The molecule has 44 heavy (non-hydrogen) atoms. The number of aryl methyl sites for hydroxylation is 1. The molecule has 0 spiro atoms. The second-order valence-corrected chi connectivity index (χ2v) is 11.9. The normalized spacial score (nSPS) is 11.6. The molecular weight excluding hydrogens is 564 g/mol. The highest BCUT2D eigenvalue weighted by Gasteiger charge is 2.24. The molecule has 0 bridgehead atoms. The Morgan fingerprint density at radius 3 is 2.16 bits per heavy atom. The predicted molar refractivity (Wildman–Crippen MR) is 183 cm³/mol. The van der Waals surface area contributed by atoms with E-state index in [1.54, 1.807) is 11.8 Å². The van der Waals surface area contributed by atoms with E-state index >= 15 is 0 Å². The lowest BCUT2D eigenvalue weighted by Gasteiger charge is -2.26. The second-order valence-electron chi connectivity index (χ2n) is 10.9. The molecule has 1 N–H and O–H groups in total. The molecule has 6 heteroatoms. The Morgan fingerprint density at radius 1 is 0.773 bits per heavy atom. The lowest BCUT2D eigenvalue weighted by molar-refractivity contribution is -0.142. The van der Waals surface area contributed by atoms with Crippen LogP contribution in [0.3, 0.4) is 0 Å². The number of amides is 1. The minimum atomic E-state index is -0.708. The number of carbonyl (C=O) groups excluding carboxylic acids is 2. The Bertz CT molecular complexity index is 1740. The van der Waals surface area contributed by atoms with Crippen LogP contribution in [0.15, 0.2) is 115 Å². The molecule has 0 saturated heterocycles. The van der Waals surface area contributed by atoms with Gasteiger partial charge >= 0.3 is 5.97 Å². The number of benzene rings is 5. The summed E-state index contributed by atoms with van der Waals surface area (Å²) in [6.07, 6.45) is 2.47. The number of para-hydroxylation sites is 1. The summed E-state index contributed by atoms with van der Waals surface area (Å²) in [6, 6.07) is 38.8. The molecule has 1 unspecified atom stereocenters. The van der Waals surface area contributed by atoms with Crippen molar-refractivity contribution in [1.82, 2.24) is 5.32 Å². The molecule has 5 nitrogen and oxygen atoms in total. The molecule has 0 radical (unpaired) electrons. The van der Waals surface area contributed by atoms with Crippen LogP contribution in [0.4, 0.5) is 5.69 Å². The monoisotopic (exact) mass is 602 g/mol. The van der Waals surface area contributed by atoms with E-state index in [2.05, 4.69) is 96.0 Å². The molecule has 0 fully saturated rings. The van der Waals surface area contributed by atoms with E-state index in [9.17, 15) is 9.59 Å². The number of ether oxygens (including phenoxy) is 1. The van der Waals surface area contributed by atoms with E-state index in [1.807, 2.05) is 42.7 Å². The van der Waals surface area contributed by atoms with Crippen molar-refractivity contribution >= 4 is 40.1 Å². The van der Waals surface area contributed by atoms with Gasteiger partial charge in [0.25, 0.3) is 5.91 Å². The van der Waals surface area contributed by atoms with Gasteiger partial charge in [0, 0.05) is 24.3 Å². The van der Waals surface area contributed by atoms with Gasteiger partial charge in [0.15, 0.2) is 0 Å². The summed E-state index contributed by atoms with van der Waals surface area (Å²) in [6.45, 7) is 3.43. The standard InChI is InChI=1S/C38H38N2O3S/c1-27-11-7-10-16-33(27)35-24-29(18-20-34(35)37(41)39-36(21-22-44-3)38(42)43-2)26-40(32-14-5-4-6-15-32)25-28-17-19-30-12-8-9-13-31(30)23-28/h4-20,23-24,36H,21-22,25-26H2,1-3H3,(H,39,41). The van der Waals surface area contributed by atoms with Crippen LogP contribution in [0.1, 0.15) is 33.5 Å². The van der Waals surface area contributed by atoms with Gasteiger partial charge in [-0.15, -0.1) is 0 Å². The minimum Gasteiger partial charge on any atom is -0.467 e. The van der Waals surface area contributed by atoms with Crippen molar-refractivity contribution in [3.05, 3.63) is 138 Å². The topological polar surface area (TPSA) is 58.6 Å². The Kier molecular flexibility index (Phi) is 10.4. The molecule has 1 amide bonds. The zero-order valence-corrected chi connectivity index (χ0v) is 26.3. The lowest BCUT2D eigenvalue weighted by Crippen LogP contribution is -2.42. The second kappa shape index (κ2) is 14.8. The number of nitrogens with zero attached hydrogens (tertiary/aromatic N) is 1. The lowest BCUT2D eigenvalue weighted by atomic mass is 9.93. The zero-order chi connectivity index (χ0) is 30.9. The van der Waals surface area contributed by atoms with Gasteiger partial charge in [-0.2, -0.15) is 11.8 Å². The van der Waals surface area contributed by atoms with Gasteiger partial charge in [-0.3, -0.25) is 4.79 Å². The SMILES string of the molecule is COC(=O)C(CCSC)NC(=O)c1ccc(CN(Cc2ccc3ccccc3c2)c2ccccc2)cc1-c1ccccc1C. The smallest absolute Gasteiger partial charge is 0.328 e. The quantitative estimate of drug-likeness (QED) is 0.147. The molecule has 0 aromatic heterocycles. The van der Waals surface area contributed by atoms with E-state index < -0.39 is 12.0 Å². The Morgan fingerprint density at radius 2 is 1.43 bits per heavy atom. The molecule has 5 aromatic carbocycles. The maximum Gasteiger partial charge on any atom is 0.328 e. The van der Waals surface area contributed by atoms with E-state index in [1.165, 1.54) is 23.4 Å². The Hall–Kier alpha value is -4.55. The molecule has 224 valence electrons. The van der Waals surface area contributed by atoms with Gasteiger partial charge in [0.2, 0.25) is 0 Å². The molecule has 0 aliphatic heterocycles. The highest BCUT2D eigenvalue weighted by atomic mass is 32.2. The average molecular weight is 603 g/mol. The van der Waals surface area contributed by atoms with Crippen LogP contribution in [0, 0.1) is 6.92 Å². The fourth-order valence-corrected chi connectivity index (χ4v) is 5.98. The number of thioether (sulfide) groups is 1. The van der Waals surface area contributed by atoms with Gasteiger partial charge < -0.3 is 15.0 Å². The molecule has 5 aromatic rings. The fraction of sp³-hybridized carbons (Fsp3) is 0.211. The third-order valence-corrected chi connectivity index (χ3v) is 8.49. The summed E-state index contributed by atoms with van der Waals surface area (Å²) < 4.78 is 4.99. The highest BCUT2D eigenvalue weighted by molar-refractivity contribution is 7.98. The van der Waals surface area contributed by atoms with Crippen LogP contribution in [0.2, 0.25) is 0 Å². The summed E-state index contributed by atoms with van der Waals surface area (Å²) >= 11 is 1.63. The average Bonchev–Trinajstić information content (AvgIpc) is 3.06. The zero-order valence-electron chi connectivity index (χ0n) is 25.5. The van der Waals surface area contributed by atoms with E-state index in [0.29, 0.717) is 18.5 Å². The van der Waals surface area contributed by atoms with Crippen LogP contribution < -0.4 is 10.2 Å². The number of rotatable bonds is 12.